The molecule has 0 amide bonds. The third kappa shape index (κ3) is 2.76. The van der Waals surface area contributed by atoms with Crippen LogP contribution in [0.15, 0.2) is 42.5 Å². The van der Waals surface area contributed by atoms with E-state index in [2.05, 4.69) is 15.3 Å². The number of ether oxygens (including phenoxy) is 2. The molecule has 2 N–H and O–H groups in total. The predicted octanol–water partition coefficient (Wildman–Crippen LogP) is 3.19. The number of aromatic nitrogens is 2. The van der Waals surface area contributed by atoms with E-state index in [4.69, 9.17) is 9.47 Å². The first-order valence-corrected chi connectivity index (χ1v) is 6.69. The van der Waals surface area contributed by atoms with Crippen molar-refractivity contribution in [1.82, 2.24) is 9.97 Å². The Kier molecular flexibility index (Phi) is 3.64. The van der Waals surface area contributed by atoms with Gasteiger partial charge in [0.25, 0.3) is 0 Å². The SMILES string of the molecule is COc1ccc(CNc2nc3ccccc3[nH]2)cc1OC. The highest BCUT2D eigenvalue weighted by atomic mass is 16.5. The molecule has 0 bridgehead atoms. The van der Waals surface area contributed by atoms with E-state index in [1.54, 1.807) is 14.2 Å². The first kappa shape index (κ1) is 13.3. The fourth-order valence-corrected chi connectivity index (χ4v) is 2.21. The Morgan fingerprint density at radius 2 is 1.86 bits per heavy atom. The molecule has 0 radical (unpaired) electrons. The third-order valence-electron chi connectivity index (χ3n) is 3.30. The second-order valence-electron chi connectivity index (χ2n) is 4.65. The van der Waals surface area contributed by atoms with E-state index in [1.165, 1.54) is 0 Å². The summed E-state index contributed by atoms with van der Waals surface area (Å²) >= 11 is 0. The molecule has 0 aliphatic carbocycles. The van der Waals surface area contributed by atoms with Crippen molar-refractivity contribution in [1.29, 1.82) is 0 Å². The van der Waals surface area contributed by atoms with E-state index in [0.717, 1.165) is 34.0 Å². The van der Waals surface area contributed by atoms with E-state index in [0.29, 0.717) is 6.54 Å². The zero-order chi connectivity index (χ0) is 14.7. The molecule has 0 atom stereocenters. The van der Waals surface area contributed by atoms with Gasteiger partial charge < -0.3 is 19.8 Å². The lowest BCUT2D eigenvalue weighted by Gasteiger charge is -2.09. The molecule has 5 nitrogen and oxygen atoms in total. The molecule has 1 aromatic heterocycles. The lowest BCUT2D eigenvalue weighted by atomic mass is 10.2. The topological polar surface area (TPSA) is 59.2 Å². The number of methoxy groups -OCH3 is 2. The Morgan fingerprint density at radius 1 is 1.05 bits per heavy atom. The highest BCUT2D eigenvalue weighted by Gasteiger charge is 2.05. The number of rotatable bonds is 5. The van der Waals surface area contributed by atoms with Crippen molar-refractivity contribution in [3.8, 4) is 11.5 Å². The van der Waals surface area contributed by atoms with E-state index < -0.39 is 0 Å². The summed E-state index contributed by atoms with van der Waals surface area (Å²) in [5.74, 6) is 2.21. The number of nitrogens with zero attached hydrogens (tertiary/aromatic N) is 1. The van der Waals surface area contributed by atoms with Gasteiger partial charge in [-0.1, -0.05) is 18.2 Å². The van der Waals surface area contributed by atoms with E-state index in [1.807, 2.05) is 42.5 Å². The number of benzene rings is 2. The number of para-hydroxylation sites is 2. The molecule has 0 aliphatic heterocycles. The van der Waals surface area contributed by atoms with Crippen LogP contribution in [0.1, 0.15) is 5.56 Å². The largest absolute Gasteiger partial charge is 0.493 e. The molecular weight excluding hydrogens is 266 g/mol. The average Bonchev–Trinajstić information content (AvgIpc) is 2.95. The van der Waals surface area contributed by atoms with Crippen LogP contribution in [-0.2, 0) is 6.54 Å². The number of imidazole rings is 1. The Bertz CT molecular complexity index is 719. The summed E-state index contributed by atoms with van der Waals surface area (Å²) in [6, 6.07) is 13.8. The van der Waals surface area contributed by atoms with Gasteiger partial charge >= 0.3 is 0 Å². The molecule has 5 heteroatoms. The van der Waals surface area contributed by atoms with E-state index in [-0.39, 0.29) is 0 Å². The maximum absolute atomic E-state index is 5.30. The predicted molar refractivity (Wildman–Crippen MR) is 83.0 cm³/mol. The Balaban J connectivity index is 1.75. The van der Waals surface area contributed by atoms with Gasteiger partial charge in [0.05, 0.1) is 25.3 Å². The lowest BCUT2D eigenvalue weighted by molar-refractivity contribution is 0.354. The number of H-pyrrole nitrogens is 1. The van der Waals surface area contributed by atoms with E-state index in [9.17, 15) is 0 Å². The Hall–Kier alpha value is -2.69. The van der Waals surface area contributed by atoms with Crippen LogP contribution in [0.25, 0.3) is 11.0 Å². The quantitative estimate of drug-likeness (QED) is 0.755. The molecule has 0 fully saturated rings. The minimum Gasteiger partial charge on any atom is -0.493 e. The first-order valence-electron chi connectivity index (χ1n) is 6.69. The zero-order valence-corrected chi connectivity index (χ0v) is 12.0. The molecule has 3 rings (SSSR count). The van der Waals surface area contributed by atoms with Crippen LogP contribution in [0, 0.1) is 0 Å². The van der Waals surface area contributed by atoms with Crippen molar-refractivity contribution >= 4 is 17.0 Å². The smallest absolute Gasteiger partial charge is 0.201 e. The van der Waals surface area contributed by atoms with Crippen LogP contribution in [0.5, 0.6) is 11.5 Å². The normalized spacial score (nSPS) is 10.6. The van der Waals surface area contributed by atoms with Gasteiger partial charge in [-0.25, -0.2) is 4.98 Å². The van der Waals surface area contributed by atoms with Crippen LogP contribution in [-0.4, -0.2) is 24.2 Å². The van der Waals surface area contributed by atoms with E-state index >= 15 is 0 Å². The molecule has 1 heterocycles. The maximum Gasteiger partial charge on any atom is 0.201 e. The fourth-order valence-electron chi connectivity index (χ4n) is 2.21. The van der Waals surface area contributed by atoms with Gasteiger partial charge in [0.2, 0.25) is 5.95 Å². The van der Waals surface area contributed by atoms with Crippen molar-refractivity contribution in [2.24, 2.45) is 0 Å². The number of anilines is 1. The maximum atomic E-state index is 5.30. The number of hydrogen-bond acceptors (Lipinski definition) is 4. The Labute approximate surface area is 122 Å². The van der Waals surface area contributed by atoms with Gasteiger partial charge in [-0.2, -0.15) is 0 Å². The van der Waals surface area contributed by atoms with Gasteiger partial charge in [0, 0.05) is 6.54 Å². The highest BCUT2D eigenvalue weighted by molar-refractivity contribution is 5.77. The van der Waals surface area contributed by atoms with Gasteiger partial charge in [0.15, 0.2) is 11.5 Å². The fraction of sp³-hybridized carbons (Fsp3) is 0.188. The molecule has 2 aromatic carbocycles. The molecule has 21 heavy (non-hydrogen) atoms. The second kappa shape index (κ2) is 5.75. The third-order valence-corrected chi connectivity index (χ3v) is 3.30. The monoisotopic (exact) mass is 283 g/mol. The average molecular weight is 283 g/mol. The minimum absolute atomic E-state index is 0.653. The van der Waals surface area contributed by atoms with Crippen LogP contribution in [0.3, 0.4) is 0 Å². The summed E-state index contributed by atoms with van der Waals surface area (Å²) in [6.45, 7) is 0.653. The van der Waals surface area contributed by atoms with Crippen molar-refractivity contribution in [2.45, 2.75) is 6.54 Å². The summed E-state index contributed by atoms with van der Waals surface area (Å²) in [5, 5.41) is 3.28. The van der Waals surface area contributed by atoms with Crippen LogP contribution in [0.2, 0.25) is 0 Å². The second-order valence-corrected chi connectivity index (χ2v) is 4.65. The highest BCUT2D eigenvalue weighted by Crippen LogP contribution is 2.27. The number of nitrogens with one attached hydrogen (secondary N) is 2. The number of aromatic amines is 1. The number of hydrogen-bond donors (Lipinski definition) is 2. The first-order chi connectivity index (χ1) is 10.3. The van der Waals surface area contributed by atoms with Gasteiger partial charge in [-0.15, -0.1) is 0 Å². The molecule has 3 aromatic rings. The molecule has 0 saturated carbocycles. The minimum atomic E-state index is 0.653. The van der Waals surface area contributed by atoms with Crippen molar-refractivity contribution < 1.29 is 9.47 Å². The standard InChI is InChI=1S/C16H17N3O2/c1-20-14-8-7-11(9-15(14)21-2)10-17-16-18-12-5-3-4-6-13(12)19-16/h3-9H,10H2,1-2H3,(H2,17,18,19). The van der Waals surface area contributed by atoms with Gasteiger partial charge in [0.1, 0.15) is 0 Å². The molecule has 0 saturated heterocycles. The Morgan fingerprint density at radius 3 is 2.62 bits per heavy atom. The molecule has 0 spiro atoms. The van der Waals surface area contributed by atoms with Crippen LogP contribution >= 0.6 is 0 Å². The zero-order valence-electron chi connectivity index (χ0n) is 12.0. The summed E-state index contributed by atoms with van der Waals surface area (Å²) in [5.41, 5.74) is 3.06. The molecular formula is C16H17N3O2. The number of fused-ring (bicyclic) bond motifs is 1. The van der Waals surface area contributed by atoms with Gasteiger partial charge in [-0.3, -0.25) is 0 Å². The van der Waals surface area contributed by atoms with Crippen molar-refractivity contribution in [3.05, 3.63) is 48.0 Å². The van der Waals surface area contributed by atoms with Crippen molar-refractivity contribution in [2.75, 3.05) is 19.5 Å². The van der Waals surface area contributed by atoms with Crippen LogP contribution in [0.4, 0.5) is 5.95 Å². The summed E-state index contributed by atoms with van der Waals surface area (Å²) in [6.07, 6.45) is 0. The lowest BCUT2D eigenvalue weighted by Crippen LogP contribution is -2.01. The molecule has 0 aliphatic rings. The van der Waals surface area contributed by atoms with Gasteiger partial charge in [-0.05, 0) is 29.8 Å². The summed E-state index contributed by atoms with van der Waals surface area (Å²) in [7, 11) is 3.26. The van der Waals surface area contributed by atoms with Crippen LogP contribution < -0.4 is 14.8 Å². The molecule has 0 unspecified atom stereocenters. The summed E-state index contributed by atoms with van der Waals surface area (Å²) in [4.78, 5) is 7.72. The van der Waals surface area contributed by atoms with Crippen molar-refractivity contribution in [3.63, 3.8) is 0 Å². The summed E-state index contributed by atoms with van der Waals surface area (Å²) < 4.78 is 10.5. The molecule has 108 valence electrons.